The van der Waals surface area contributed by atoms with Crippen molar-refractivity contribution in [3.05, 3.63) is 48.5 Å². The molecule has 29 nitrogen and oxygen atoms in total. The van der Waals surface area contributed by atoms with Gasteiger partial charge in [0.15, 0.2) is 25.4 Å². The average molecular weight is 1060 g/mol. The number of nitrogens with one attached hydrogen (secondary N) is 1. The summed E-state index contributed by atoms with van der Waals surface area (Å²) in [6, 6.07) is 6.00. The second-order valence-electron chi connectivity index (χ2n) is 12.3. The number of hydrogen-bond donors (Lipinski definition) is 7. The third-order valence-corrected chi connectivity index (χ3v) is 14.5. The molecule has 7 N–H and O–H groups in total. The van der Waals surface area contributed by atoms with Gasteiger partial charge >= 0.3 is 20.8 Å². The Hall–Kier alpha value is -5.09. The molecule has 4 aromatic rings. The molecule has 358 valence electrons. The molecule has 0 unspecified atom stereocenters. The fourth-order valence-electron chi connectivity index (χ4n) is 5.24. The molecule has 0 saturated heterocycles. The molecular formula is C29H31N5O24S7. The molecular weight excluding hydrogens is 1030 g/mol. The zero-order valence-electron chi connectivity index (χ0n) is 32.3. The molecule has 36 heteroatoms. The summed E-state index contributed by atoms with van der Waals surface area (Å²) in [6.07, 6.45) is 0. The van der Waals surface area contributed by atoms with E-state index in [9.17, 15) is 77.7 Å². The molecule has 4 rings (SSSR count). The number of aromatic hydroxyl groups is 1. The molecule has 0 saturated carbocycles. The first kappa shape index (κ1) is 52.5. The van der Waals surface area contributed by atoms with Crippen LogP contribution in [-0.2, 0) is 79.2 Å². The lowest BCUT2D eigenvalue weighted by atomic mass is 10.0. The molecule has 65 heavy (non-hydrogen) atoms. The Morgan fingerprint density at radius 2 is 1.11 bits per heavy atom. The van der Waals surface area contributed by atoms with Crippen molar-refractivity contribution in [1.29, 1.82) is 0 Å². The monoisotopic (exact) mass is 1060 g/mol. The van der Waals surface area contributed by atoms with Gasteiger partial charge in [0.2, 0.25) is 0 Å². The van der Waals surface area contributed by atoms with Gasteiger partial charge in [-0.1, -0.05) is 0 Å². The number of hydrogen-bond acceptors (Lipinski definition) is 24. The number of rotatable bonds is 21. The minimum Gasteiger partial charge on any atom is -0.506 e. The average Bonchev–Trinajstić information content (AvgIpc) is 3.15. The van der Waals surface area contributed by atoms with Crippen LogP contribution in [0.25, 0.3) is 10.8 Å². The first-order valence-electron chi connectivity index (χ1n) is 16.6. The fourth-order valence-corrected chi connectivity index (χ4v) is 10.1. The molecule has 0 spiro atoms. The van der Waals surface area contributed by atoms with Gasteiger partial charge in [0.05, 0.1) is 49.5 Å². The lowest BCUT2D eigenvalue weighted by molar-refractivity contribution is 0.282. The largest absolute Gasteiger partial charge is 0.506 e. The van der Waals surface area contributed by atoms with E-state index < -0.39 is 172 Å². The van der Waals surface area contributed by atoms with Crippen LogP contribution in [0.1, 0.15) is 0 Å². The molecule has 0 atom stereocenters. The van der Waals surface area contributed by atoms with Crippen LogP contribution in [0.4, 0.5) is 28.4 Å². The van der Waals surface area contributed by atoms with Gasteiger partial charge in [-0.25, -0.2) is 25.2 Å². The number of azo groups is 2. The van der Waals surface area contributed by atoms with Gasteiger partial charge in [0, 0.05) is 22.9 Å². The van der Waals surface area contributed by atoms with Gasteiger partial charge in [-0.2, -0.15) is 42.1 Å². The maximum absolute atomic E-state index is 12.9. The van der Waals surface area contributed by atoms with Crippen molar-refractivity contribution in [2.24, 2.45) is 20.5 Å². The van der Waals surface area contributed by atoms with Gasteiger partial charge in [-0.3, -0.25) is 22.8 Å². The standard InChI is InChI=1S/C29H31N5O24S7/c1-55-23-13-21(22(35)14-25(23)60(38,39)10-8-58-65(52,53)54)32-34-28-26(63(46,47)48)12-18-17(29(28)56-2)4-6-20(30-15-61(40,41)42)27(18)33-31-19-5-3-16(11-24(19)62(43,44)45)59(36,37)9-7-57-64(49,50)51/h3-6,11-14,30,35H,7-10,15H2,1-2H3,(H,40,41,42)(H,43,44,45)(H,46,47,48)(H,49,50,51)(H,52,53,54). The third kappa shape index (κ3) is 14.0. The zero-order valence-corrected chi connectivity index (χ0v) is 38.0. The molecule has 0 bridgehead atoms. The van der Waals surface area contributed by atoms with E-state index in [0.29, 0.717) is 24.3 Å². The van der Waals surface area contributed by atoms with E-state index >= 15 is 0 Å². The fraction of sp³-hybridized carbons (Fsp3) is 0.241. The van der Waals surface area contributed by atoms with Gasteiger partial charge in [0.1, 0.15) is 54.8 Å². The summed E-state index contributed by atoms with van der Waals surface area (Å²) in [4.78, 5) is -3.97. The molecule has 0 aromatic heterocycles. The highest BCUT2D eigenvalue weighted by Crippen LogP contribution is 2.48. The Morgan fingerprint density at radius 1 is 0.554 bits per heavy atom. The van der Waals surface area contributed by atoms with E-state index in [1.807, 2.05) is 0 Å². The Kier molecular flexibility index (Phi) is 15.7. The SMILES string of the molecule is COc1cc(N=Nc2c(S(=O)(=O)O)cc3c(N=Nc4ccc(S(=O)(=O)CCOS(=O)(=O)O)cc4S(=O)(=O)O)c(NCS(=O)(=O)O)ccc3c2OC)c(O)cc1S(=O)(=O)CCOS(=O)(=O)O. The van der Waals surface area contributed by atoms with Crippen molar-refractivity contribution >= 4 is 110 Å². The lowest BCUT2D eigenvalue weighted by Gasteiger charge is -2.16. The number of methoxy groups -OCH3 is 2. The van der Waals surface area contributed by atoms with Crippen LogP contribution in [0.15, 0.2) is 88.6 Å². The quantitative estimate of drug-likeness (QED) is 0.0465. The second kappa shape index (κ2) is 19.4. The van der Waals surface area contributed by atoms with Gasteiger partial charge in [0.25, 0.3) is 30.4 Å². The first-order chi connectivity index (χ1) is 29.7. The van der Waals surface area contributed by atoms with Crippen molar-refractivity contribution in [3.63, 3.8) is 0 Å². The van der Waals surface area contributed by atoms with Crippen LogP contribution in [0, 0.1) is 0 Å². The first-order valence-corrected chi connectivity index (χ1v) is 27.1. The highest BCUT2D eigenvalue weighted by molar-refractivity contribution is 7.92. The summed E-state index contributed by atoms with van der Waals surface area (Å²) < 4.78 is 234. The van der Waals surface area contributed by atoms with Gasteiger partial charge in [-0.15, -0.1) is 20.5 Å². The number of anilines is 1. The van der Waals surface area contributed by atoms with Crippen molar-refractivity contribution < 1.29 is 105 Å². The predicted molar refractivity (Wildman–Crippen MR) is 219 cm³/mol. The van der Waals surface area contributed by atoms with Crippen LogP contribution in [-0.4, -0.2) is 132 Å². The van der Waals surface area contributed by atoms with E-state index in [-0.39, 0.29) is 5.39 Å². The zero-order chi connectivity index (χ0) is 49.1. The summed E-state index contributed by atoms with van der Waals surface area (Å²) in [6.45, 7) is -2.18. The number of nitrogens with zero attached hydrogens (tertiary/aromatic N) is 4. The molecule has 0 aliphatic rings. The van der Waals surface area contributed by atoms with Crippen LogP contribution in [0.5, 0.6) is 17.2 Å². The van der Waals surface area contributed by atoms with E-state index in [1.165, 1.54) is 0 Å². The summed E-state index contributed by atoms with van der Waals surface area (Å²) >= 11 is 0. The van der Waals surface area contributed by atoms with Crippen molar-refractivity contribution in [3.8, 4) is 17.2 Å². The van der Waals surface area contributed by atoms with Crippen molar-refractivity contribution in [2.45, 2.75) is 19.6 Å². The van der Waals surface area contributed by atoms with E-state index in [0.717, 1.165) is 38.5 Å². The number of sulfone groups is 2. The van der Waals surface area contributed by atoms with Crippen LogP contribution >= 0.6 is 0 Å². The smallest absolute Gasteiger partial charge is 0.397 e. The van der Waals surface area contributed by atoms with E-state index in [4.69, 9.17) is 18.6 Å². The van der Waals surface area contributed by atoms with E-state index in [2.05, 4.69) is 34.1 Å². The maximum Gasteiger partial charge on any atom is 0.397 e. The number of phenols is 1. The molecule has 4 aromatic carbocycles. The van der Waals surface area contributed by atoms with Crippen molar-refractivity contribution in [2.75, 3.05) is 50.1 Å². The normalized spacial score (nSPS) is 13.5. The highest BCUT2D eigenvalue weighted by Gasteiger charge is 2.28. The topological polar surface area (TPSA) is 459 Å². The number of fused-ring (bicyclic) bond motifs is 1. The minimum absolute atomic E-state index is 0.223. The van der Waals surface area contributed by atoms with Crippen molar-refractivity contribution in [1.82, 2.24) is 0 Å². The third-order valence-electron chi connectivity index (χ3n) is 7.96. The molecule has 0 heterocycles. The second-order valence-corrected chi connectivity index (χ2v) is 22.9. The summed E-state index contributed by atoms with van der Waals surface area (Å²) in [5, 5.41) is 27.4. The molecule has 0 radical (unpaired) electrons. The maximum atomic E-state index is 12.9. The molecule has 0 amide bonds. The minimum atomic E-state index is -5.45. The molecule has 0 aliphatic carbocycles. The Morgan fingerprint density at radius 3 is 1.63 bits per heavy atom. The Balaban J connectivity index is 1.95. The Labute approximate surface area is 368 Å². The highest BCUT2D eigenvalue weighted by atomic mass is 32.3. The summed E-state index contributed by atoms with van der Waals surface area (Å²) in [7, 11) is -33.0. The summed E-state index contributed by atoms with van der Waals surface area (Å²) in [5.74, 6) is -5.48. The number of ether oxygens (including phenoxy) is 2. The van der Waals surface area contributed by atoms with Crippen LogP contribution in [0.3, 0.4) is 0 Å². The van der Waals surface area contributed by atoms with E-state index in [1.54, 1.807) is 0 Å². The van der Waals surface area contributed by atoms with Crippen LogP contribution < -0.4 is 14.8 Å². The number of benzene rings is 4. The predicted octanol–water partition coefficient (Wildman–Crippen LogP) is 2.33. The Bertz CT molecular complexity index is 3420. The summed E-state index contributed by atoms with van der Waals surface area (Å²) in [5.41, 5.74) is -3.31. The number of phenolic OH excluding ortho intramolecular Hbond substituents is 1. The van der Waals surface area contributed by atoms with Gasteiger partial charge < -0.3 is 19.9 Å². The molecule has 0 fully saturated rings. The lowest BCUT2D eigenvalue weighted by Crippen LogP contribution is -2.16. The van der Waals surface area contributed by atoms with Gasteiger partial charge in [-0.05, 0) is 36.4 Å². The molecule has 0 aliphatic heterocycles. The van der Waals surface area contributed by atoms with Crippen LogP contribution in [0.2, 0.25) is 0 Å².